The predicted octanol–water partition coefficient (Wildman–Crippen LogP) is 2.52. The zero-order chi connectivity index (χ0) is 17.0. The van der Waals surface area contributed by atoms with Gasteiger partial charge in [-0.05, 0) is 29.6 Å². The van der Waals surface area contributed by atoms with Gasteiger partial charge in [-0.15, -0.1) is 11.3 Å². The molecule has 24 heavy (non-hydrogen) atoms. The van der Waals surface area contributed by atoms with Crippen LogP contribution in [0.25, 0.3) is 0 Å². The molecule has 0 bridgehead atoms. The monoisotopic (exact) mass is 363 g/mol. The molecular formula is C16H17N3O3S2. The molecule has 0 radical (unpaired) electrons. The van der Waals surface area contributed by atoms with Crippen molar-refractivity contribution in [1.82, 2.24) is 14.5 Å². The first-order valence-corrected chi connectivity index (χ1v) is 9.63. The average molecular weight is 363 g/mol. The molecule has 1 unspecified atom stereocenters. The summed E-state index contributed by atoms with van der Waals surface area (Å²) in [5.41, 5.74) is 0. The first-order valence-electron chi connectivity index (χ1n) is 7.27. The maximum absolute atomic E-state index is 12.6. The molecule has 0 saturated carbocycles. The predicted molar refractivity (Wildman–Crippen MR) is 92.9 cm³/mol. The fourth-order valence-corrected chi connectivity index (χ4v) is 4.40. The molecule has 2 heterocycles. The highest BCUT2D eigenvalue weighted by molar-refractivity contribution is 7.89. The van der Waals surface area contributed by atoms with E-state index < -0.39 is 10.0 Å². The lowest BCUT2D eigenvalue weighted by atomic mass is 10.2. The highest BCUT2D eigenvalue weighted by atomic mass is 32.2. The van der Waals surface area contributed by atoms with Crippen molar-refractivity contribution in [3.05, 3.63) is 65.1 Å². The summed E-state index contributed by atoms with van der Waals surface area (Å²) in [6.07, 6.45) is 3.50. The van der Waals surface area contributed by atoms with E-state index in [0.717, 1.165) is 4.88 Å². The molecule has 3 rings (SSSR count). The molecule has 0 aliphatic carbocycles. The quantitative estimate of drug-likeness (QED) is 0.700. The number of nitrogens with one attached hydrogen (secondary N) is 1. The molecule has 2 aromatic heterocycles. The molecule has 0 amide bonds. The summed E-state index contributed by atoms with van der Waals surface area (Å²) in [6, 6.07) is 12.1. The van der Waals surface area contributed by atoms with Crippen molar-refractivity contribution in [2.24, 2.45) is 0 Å². The fraction of sp³-hybridized carbons (Fsp3) is 0.188. The molecule has 0 spiro atoms. The summed E-state index contributed by atoms with van der Waals surface area (Å²) in [4.78, 5) is 1.15. The van der Waals surface area contributed by atoms with Crippen LogP contribution in [0.4, 0.5) is 0 Å². The number of hydrogen-bond acceptors (Lipinski definition) is 5. The van der Waals surface area contributed by atoms with Crippen LogP contribution < -0.4 is 9.46 Å². The van der Waals surface area contributed by atoms with Crippen molar-refractivity contribution in [2.45, 2.75) is 10.9 Å². The number of nitrogens with zero attached hydrogens (tertiary/aromatic N) is 2. The van der Waals surface area contributed by atoms with E-state index in [0.29, 0.717) is 5.75 Å². The van der Waals surface area contributed by atoms with E-state index in [1.54, 1.807) is 40.4 Å². The topological polar surface area (TPSA) is 73.2 Å². The van der Waals surface area contributed by atoms with Crippen molar-refractivity contribution in [2.75, 3.05) is 13.7 Å². The standard InChI is InChI=1S/C16H17N3O3S2/c1-22-14-6-2-3-8-16(14)24(20,21)18-12-13(15-7-4-11-23-15)19-10-5-9-17-19/h2-11,13,18H,12H2,1H3. The van der Waals surface area contributed by atoms with E-state index in [1.165, 1.54) is 13.2 Å². The summed E-state index contributed by atoms with van der Waals surface area (Å²) >= 11 is 1.56. The second-order valence-electron chi connectivity index (χ2n) is 5.02. The van der Waals surface area contributed by atoms with Gasteiger partial charge in [-0.25, -0.2) is 13.1 Å². The fourth-order valence-electron chi connectivity index (χ4n) is 2.38. The van der Waals surface area contributed by atoms with Gasteiger partial charge in [0.2, 0.25) is 10.0 Å². The van der Waals surface area contributed by atoms with E-state index in [1.807, 2.05) is 29.8 Å². The number of para-hydroxylation sites is 1. The third-order valence-corrected chi connectivity index (χ3v) is 5.98. The Morgan fingerprint density at radius 3 is 2.75 bits per heavy atom. The first-order chi connectivity index (χ1) is 11.6. The largest absolute Gasteiger partial charge is 0.495 e. The van der Waals surface area contributed by atoms with Gasteiger partial charge in [0.15, 0.2) is 0 Å². The maximum Gasteiger partial charge on any atom is 0.244 e. The number of hydrogen-bond donors (Lipinski definition) is 1. The Kier molecular flexibility index (Phi) is 4.98. The van der Waals surface area contributed by atoms with Crippen LogP contribution in [0.15, 0.2) is 65.1 Å². The summed E-state index contributed by atoms with van der Waals surface area (Å²) in [5.74, 6) is 0.316. The van der Waals surface area contributed by atoms with Gasteiger partial charge in [0.1, 0.15) is 10.6 Å². The number of aromatic nitrogens is 2. The van der Waals surface area contributed by atoms with Crippen LogP contribution in [-0.4, -0.2) is 31.9 Å². The van der Waals surface area contributed by atoms with Gasteiger partial charge in [-0.1, -0.05) is 18.2 Å². The van der Waals surface area contributed by atoms with Crippen LogP contribution in [0.3, 0.4) is 0 Å². The van der Waals surface area contributed by atoms with Crippen LogP contribution in [0, 0.1) is 0 Å². The van der Waals surface area contributed by atoms with Crippen LogP contribution in [0.1, 0.15) is 10.9 Å². The zero-order valence-electron chi connectivity index (χ0n) is 13.0. The third-order valence-electron chi connectivity index (χ3n) is 3.54. The molecule has 8 heteroatoms. The minimum Gasteiger partial charge on any atom is -0.495 e. The lowest BCUT2D eigenvalue weighted by Gasteiger charge is -2.18. The number of thiophene rings is 1. The Bertz CT molecular complexity index is 841. The van der Waals surface area contributed by atoms with Crippen LogP contribution in [-0.2, 0) is 10.0 Å². The van der Waals surface area contributed by atoms with E-state index in [2.05, 4.69) is 9.82 Å². The molecule has 0 fully saturated rings. The molecule has 3 aromatic rings. The lowest BCUT2D eigenvalue weighted by molar-refractivity contribution is 0.402. The summed E-state index contributed by atoms with van der Waals surface area (Å²) in [6.45, 7) is 0.197. The van der Waals surface area contributed by atoms with Gasteiger partial charge in [0, 0.05) is 23.8 Å². The highest BCUT2D eigenvalue weighted by Crippen LogP contribution is 2.25. The van der Waals surface area contributed by atoms with E-state index in [-0.39, 0.29) is 17.5 Å². The highest BCUT2D eigenvalue weighted by Gasteiger charge is 2.22. The van der Waals surface area contributed by atoms with Crippen LogP contribution in [0.2, 0.25) is 0 Å². The SMILES string of the molecule is COc1ccccc1S(=O)(=O)NCC(c1cccs1)n1cccn1. The molecule has 1 aromatic carbocycles. The summed E-state index contributed by atoms with van der Waals surface area (Å²) < 4.78 is 34.8. The van der Waals surface area contributed by atoms with Crippen molar-refractivity contribution < 1.29 is 13.2 Å². The van der Waals surface area contributed by atoms with Gasteiger partial charge >= 0.3 is 0 Å². The Morgan fingerprint density at radius 1 is 1.25 bits per heavy atom. The van der Waals surface area contributed by atoms with Crippen LogP contribution >= 0.6 is 11.3 Å². The van der Waals surface area contributed by atoms with Crippen molar-refractivity contribution in [3.63, 3.8) is 0 Å². The molecule has 1 N–H and O–H groups in total. The van der Waals surface area contributed by atoms with Gasteiger partial charge in [0.25, 0.3) is 0 Å². The minimum absolute atomic E-state index is 0.123. The number of rotatable bonds is 7. The Hall–Kier alpha value is -2.16. The zero-order valence-corrected chi connectivity index (χ0v) is 14.6. The Labute approximate surface area is 144 Å². The van der Waals surface area contributed by atoms with Crippen LogP contribution in [0.5, 0.6) is 5.75 Å². The molecule has 1 atom stereocenters. The minimum atomic E-state index is -3.69. The Morgan fingerprint density at radius 2 is 2.08 bits per heavy atom. The van der Waals surface area contributed by atoms with Gasteiger partial charge < -0.3 is 4.74 Å². The third kappa shape index (κ3) is 3.50. The molecule has 0 aliphatic rings. The van der Waals surface area contributed by atoms with Crippen molar-refractivity contribution >= 4 is 21.4 Å². The van der Waals surface area contributed by atoms with Gasteiger partial charge in [0.05, 0.1) is 13.2 Å². The normalized spacial score (nSPS) is 12.9. The second kappa shape index (κ2) is 7.16. The number of sulfonamides is 1. The van der Waals surface area contributed by atoms with E-state index in [9.17, 15) is 8.42 Å². The first kappa shape index (κ1) is 16.7. The second-order valence-corrected chi connectivity index (χ2v) is 7.73. The van der Waals surface area contributed by atoms with E-state index >= 15 is 0 Å². The van der Waals surface area contributed by atoms with E-state index in [4.69, 9.17) is 4.74 Å². The van der Waals surface area contributed by atoms with Gasteiger partial charge in [-0.3, -0.25) is 4.68 Å². The molecule has 126 valence electrons. The average Bonchev–Trinajstić information content (AvgIpc) is 3.29. The number of ether oxygens (including phenoxy) is 1. The number of benzene rings is 1. The van der Waals surface area contributed by atoms with Crippen molar-refractivity contribution in [1.29, 1.82) is 0 Å². The van der Waals surface area contributed by atoms with Crippen molar-refractivity contribution in [3.8, 4) is 5.75 Å². The summed E-state index contributed by atoms with van der Waals surface area (Å²) in [5, 5.41) is 6.20. The smallest absolute Gasteiger partial charge is 0.244 e. The summed E-state index contributed by atoms with van der Waals surface area (Å²) in [7, 11) is -2.24. The maximum atomic E-state index is 12.6. The molecule has 0 aliphatic heterocycles. The molecule has 6 nitrogen and oxygen atoms in total. The Balaban J connectivity index is 1.84. The molecular weight excluding hydrogens is 346 g/mol. The van der Waals surface area contributed by atoms with Gasteiger partial charge in [-0.2, -0.15) is 5.10 Å². The molecule has 0 saturated heterocycles. The lowest BCUT2D eigenvalue weighted by Crippen LogP contribution is -2.31. The number of methoxy groups -OCH3 is 1.